The van der Waals surface area contributed by atoms with Crippen LogP contribution in [0.25, 0.3) is 0 Å². The second-order valence-corrected chi connectivity index (χ2v) is 9.13. The monoisotopic (exact) mass is 359 g/mol. The molecule has 2 bridgehead atoms. The van der Waals surface area contributed by atoms with E-state index in [9.17, 15) is 4.79 Å². The van der Waals surface area contributed by atoms with Crippen LogP contribution in [-0.2, 0) is 11.3 Å². The number of nitrogens with two attached hydrogens (primary N) is 1. The number of nitrogens with zero attached hydrogens (tertiary/aromatic N) is 1. The van der Waals surface area contributed by atoms with Gasteiger partial charge in [0, 0.05) is 42.9 Å². The molecule has 0 aromatic heterocycles. The van der Waals surface area contributed by atoms with Gasteiger partial charge in [0.05, 0.1) is 5.92 Å². The van der Waals surface area contributed by atoms with Gasteiger partial charge in [-0.15, -0.1) is 0 Å². The molecule has 4 nitrogen and oxygen atoms in total. The van der Waals surface area contributed by atoms with Crippen LogP contribution in [0.15, 0.2) is 18.2 Å². The van der Waals surface area contributed by atoms with Crippen molar-refractivity contribution in [1.82, 2.24) is 4.90 Å². The summed E-state index contributed by atoms with van der Waals surface area (Å²) in [4.78, 5) is 15.4. The summed E-state index contributed by atoms with van der Waals surface area (Å²) in [5.74, 6) is 3.63. The SMILES string of the molecule is Cc1c(CN2CCSCC2)cccc1NC(=O)C1C2CCC(C2)C1N. The number of anilines is 1. The molecular formula is C20H29N3OS. The third-order valence-electron chi connectivity index (χ3n) is 6.48. The van der Waals surface area contributed by atoms with E-state index in [-0.39, 0.29) is 17.9 Å². The highest BCUT2D eigenvalue weighted by Gasteiger charge is 2.49. The van der Waals surface area contributed by atoms with Crippen LogP contribution in [0.5, 0.6) is 0 Å². The molecule has 1 heterocycles. The highest BCUT2D eigenvalue weighted by Crippen LogP contribution is 2.48. The number of nitrogens with one attached hydrogen (secondary N) is 1. The fraction of sp³-hybridized carbons (Fsp3) is 0.650. The number of fused-ring (bicyclic) bond motifs is 2. The van der Waals surface area contributed by atoms with Crippen molar-refractivity contribution in [1.29, 1.82) is 0 Å². The molecule has 4 atom stereocenters. The molecule has 2 saturated carbocycles. The van der Waals surface area contributed by atoms with Gasteiger partial charge in [-0.05, 0) is 55.2 Å². The van der Waals surface area contributed by atoms with Crippen molar-refractivity contribution in [2.45, 2.75) is 38.8 Å². The quantitative estimate of drug-likeness (QED) is 0.868. The smallest absolute Gasteiger partial charge is 0.229 e. The van der Waals surface area contributed by atoms with Gasteiger partial charge in [0.1, 0.15) is 0 Å². The molecule has 4 unspecified atom stereocenters. The lowest BCUT2D eigenvalue weighted by atomic mass is 9.84. The van der Waals surface area contributed by atoms with Crippen molar-refractivity contribution in [3.8, 4) is 0 Å². The lowest BCUT2D eigenvalue weighted by Crippen LogP contribution is -2.42. The average Bonchev–Trinajstić information content (AvgIpc) is 3.20. The standard InChI is InChI=1S/C20H29N3OS/c1-13-16(12-23-7-9-25-10-8-23)3-2-4-17(13)22-20(24)18-14-5-6-15(11-14)19(18)21/h2-4,14-15,18-19H,5-12,21H2,1H3,(H,22,24). The van der Waals surface area contributed by atoms with Gasteiger partial charge in [-0.25, -0.2) is 0 Å². The molecular weight excluding hydrogens is 330 g/mol. The normalized spacial score (nSPS) is 32.1. The fourth-order valence-electron chi connectivity index (χ4n) is 4.93. The van der Waals surface area contributed by atoms with Crippen molar-refractivity contribution < 1.29 is 4.79 Å². The van der Waals surface area contributed by atoms with Gasteiger partial charge in [0.25, 0.3) is 0 Å². The minimum absolute atomic E-state index is 0.000857. The van der Waals surface area contributed by atoms with Crippen LogP contribution in [0.2, 0.25) is 0 Å². The second kappa shape index (κ2) is 7.29. The first-order chi connectivity index (χ1) is 12.1. The predicted molar refractivity (Wildman–Crippen MR) is 105 cm³/mol. The van der Waals surface area contributed by atoms with E-state index < -0.39 is 0 Å². The first-order valence-corrected chi connectivity index (χ1v) is 10.7. The molecule has 3 fully saturated rings. The van der Waals surface area contributed by atoms with E-state index in [1.54, 1.807) is 0 Å². The van der Waals surface area contributed by atoms with Gasteiger partial charge in [0.2, 0.25) is 5.91 Å². The van der Waals surface area contributed by atoms with Crippen LogP contribution in [0.3, 0.4) is 0 Å². The van der Waals surface area contributed by atoms with E-state index in [1.165, 1.54) is 35.5 Å². The van der Waals surface area contributed by atoms with Crippen LogP contribution in [0.4, 0.5) is 5.69 Å². The zero-order chi connectivity index (χ0) is 17.4. The summed E-state index contributed by atoms with van der Waals surface area (Å²) in [6, 6.07) is 6.34. The zero-order valence-corrected chi connectivity index (χ0v) is 15.9. The maximum absolute atomic E-state index is 12.9. The largest absolute Gasteiger partial charge is 0.327 e. The Morgan fingerprint density at radius 1 is 1.28 bits per heavy atom. The summed E-state index contributed by atoms with van der Waals surface area (Å²) < 4.78 is 0. The van der Waals surface area contributed by atoms with Crippen molar-refractivity contribution in [2.75, 3.05) is 29.9 Å². The summed E-state index contributed by atoms with van der Waals surface area (Å²) >= 11 is 2.03. The Labute approximate surface area is 154 Å². The number of hydrogen-bond donors (Lipinski definition) is 2. The van der Waals surface area contributed by atoms with Crippen LogP contribution >= 0.6 is 11.8 Å². The number of thioether (sulfide) groups is 1. The Hall–Kier alpha value is -1.04. The lowest BCUT2D eigenvalue weighted by molar-refractivity contribution is -0.121. The van der Waals surface area contributed by atoms with Crippen molar-refractivity contribution in [3.63, 3.8) is 0 Å². The van der Waals surface area contributed by atoms with Crippen LogP contribution < -0.4 is 11.1 Å². The Morgan fingerprint density at radius 2 is 2.04 bits per heavy atom. The van der Waals surface area contributed by atoms with Crippen LogP contribution in [-0.4, -0.2) is 41.4 Å². The molecule has 1 aliphatic heterocycles. The minimum Gasteiger partial charge on any atom is -0.327 e. The number of benzene rings is 1. The Kier molecular flexibility index (Phi) is 5.07. The van der Waals surface area contributed by atoms with Gasteiger partial charge in [-0.2, -0.15) is 11.8 Å². The molecule has 5 heteroatoms. The molecule has 1 aromatic carbocycles. The van der Waals surface area contributed by atoms with Crippen LogP contribution in [0, 0.1) is 24.7 Å². The zero-order valence-electron chi connectivity index (χ0n) is 15.0. The molecule has 4 rings (SSSR count). The van der Waals surface area contributed by atoms with E-state index >= 15 is 0 Å². The third-order valence-corrected chi connectivity index (χ3v) is 7.43. The van der Waals surface area contributed by atoms with E-state index in [0.29, 0.717) is 11.8 Å². The molecule has 25 heavy (non-hydrogen) atoms. The molecule has 3 N–H and O–H groups in total. The number of carbonyl (C=O) groups is 1. The molecule has 1 aromatic rings. The van der Waals surface area contributed by atoms with E-state index in [2.05, 4.69) is 29.3 Å². The topological polar surface area (TPSA) is 58.4 Å². The van der Waals surface area contributed by atoms with Gasteiger partial charge >= 0.3 is 0 Å². The maximum Gasteiger partial charge on any atom is 0.229 e. The number of rotatable bonds is 4. The van der Waals surface area contributed by atoms with Gasteiger partial charge in [-0.1, -0.05) is 12.1 Å². The highest BCUT2D eigenvalue weighted by atomic mass is 32.2. The summed E-state index contributed by atoms with van der Waals surface area (Å²) in [6.07, 6.45) is 3.52. The van der Waals surface area contributed by atoms with Gasteiger partial charge in [0.15, 0.2) is 0 Å². The summed E-state index contributed by atoms with van der Waals surface area (Å²) in [7, 11) is 0. The number of carbonyl (C=O) groups excluding carboxylic acids is 1. The van der Waals surface area contributed by atoms with Gasteiger partial charge < -0.3 is 11.1 Å². The second-order valence-electron chi connectivity index (χ2n) is 7.90. The van der Waals surface area contributed by atoms with E-state index in [1.807, 2.05) is 17.8 Å². The molecule has 0 spiro atoms. The molecule has 0 radical (unpaired) electrons. The van der Waals surface area contributed by atoms with Crippen molar-refractivity contribution in [3.05, 3.63) is 29.3 Å². The first kappa shape index (κ1) is 17.4. The molecule has 1 amide bonds. The molecule has 3 aliphatic rings. The maximum atomic E-state index is 12.9. The predicted octanol–water partition coefficient (Wildman–Crippen LogP) is 2.86. The lowest BCUT2D eigenvalue weighted by Gasteiger charge is -2.28. The minimum atomic E-state index is 0.000857. The van der Waals surface area contributed by atoms with Crippen LogP contribution in [0.1, 0.15) is 30.4 Å². The van der Waals surface area contributed by atoms with Crippen molar-refractivity contribution in [2.24, 2.45) is 23.5 Å². The van der Waals surface area contributed by atoms with Crippen molar-refractivity contribution >= 4 is 23.4 Å². The Balaban J connectivity index is 1.45. The summed E-state index contributed by atoms with van der Waals surface area (Å²) in [5, 5.41) is 3.20. The fourth-order valence-corrected chi connectivity index (χ4v) is 5.91. The average molecular weight is 360 g/mol. The Bertz CT molecular complexity index is 642. The van der Waals surface area contributed by atoms with E-state index in [0.717, 1.165) is 31.7 Å². The third kappa shape index (κ3) is 3.46. The summed E-state index contributed by atoms with van der Waals surface area (Å²) in [6.45, 7) is 5.41. The molecule has 1 saturated heterocycles. The van der Waals surface area contributed by atoms with E-state index in [4.69, 9.17) is 5.73 Å². The molecule has 2 aliphatic carbocycles. The van der Waals surface area contributed by atoms with Gasteiger partial charge in [-0.3, -0.25) is 9.69 Å². The number of amides is 1. The molecule has 136 valence electrons. The summed E-state index contributed by atoms with van der Waals surface area (Å²) in [5.41, 5.74) is 9.82. The number of hydrogen-bond acceptors (Lipinski definition) is 4. The Morgan fingerprint density at radius 3 is 2.76 bits per heavy atom. The highest BCUT2D eigenvalue weighted by molar-refractivity contribution is 7.99. The first-order valence-electron chi connectivity index (χ1n) is 9.58.